The third kappa shape index (κ3) is 3.81. The van der Waals surface area contributed by atoms with Gasteiger partial charge in [-0.1, -0.05) is 36.4 Å². The number of nitrogens with one attached hydrogen (secondary N) is 2. The Morgan fingerprint density at radius 2 is 1.92 bits per heavy atom. The summed E-state index contributed by atoms with van der Waals surface area (Å²) in [5, 5.41) is 8.93. The van der Waals surface area contributed by atoms with Crippen molar-refractivity contribution in [2.75, 3.05) is 20.3 Å². The molecule has 0 aromatic heterocycles. The lowest BCUT2D eigenvalue weighted by molar-refractivity contribution is -0.140. The average Bonchev–Trinajstić information content (AvgIpc) is 2.60. The van der Waals surface area contributed by atoms with E-state index in [1.54, 1.807) is 7.11 Å². The third-order valence-corrected chi connectivity index (χ3v) is 4.34. The lowest BCUT2D eigenvalue weighted by Gasteiger charge is -2.30. The SMILES string of the molecule is COCCOC(=O)C1=C(C)NC(=S)N[C@@H]1c1ccc2ccccc2c1. The molecule has 1 heterocycles. The van der Waals surface area contributed by atoms with E-state index in [-0.39, 0.29) is 18.6 Å². The van der Waals surface area contributed by atoms with Gasteiger partial charge in [0.2, 0.25) is 0 Å². The Bertz CT molecular complexity index is 847. The van der Waals surface area contributed by atoms with Gasteiger partial charge in [0.1, 0.15) is 6.61 Å². The number of methoxy groups -OCH3 is 1. The van der Waals surface area contributed by atoms with Crippen molar-refractivity contribution >= 4 is 34.1 Å². The van der Waals surface area contributed by atoms with Crippen LogP contribution in [0.3, 0.4) is 0 Å². The summed E-state index contributed by atoms with van der Waals surface area (Å²) < 4.78 is 10.3. The summed E-state index contributed by atoms with van der Waals surface area (Å²) in [6.45, 7) is 2.40. The van der Waals surface area contributed by atoms with Crippen LogP contribution in [0.1, 0.15) is 18.5 Å². The van der Waals surface area contributed by atoms with Gasteiger partial charge in [0.15, 0.2) is 5.11 Å². The molecule has 1 aliphatic rings. The van der Waals surface area contributed by atoms with E-state index < -0.39 is 0 Å². The lowest BCUT2D eigenvalue weighted by Crippen LogP contribution is -2.45. The first kappa shape index (κ1) is 17.4. The fourth-order valence-electron chi connectivity index (χ4n) is 2.90. The van der Waals surface area contributed by atoms with Crippen LogP contribution in [0.5, 0.6) is 0 Å². The van der Waals surface area contributed by atoms with Crippen molar-refractivity contribution in [1.29, 1.82) is 0 Å². The van der Waals surface area contributed by atoms with Crippen molar-refractivity contribution in [3.8, 4) is 0 Å². The van der Waals surface area contributed by atoms with Gasteiger partial charge in [0, 0.05) is 12.8 Å². The first-order valence-corrected chi connectivity index (χ1v) is 8.44. The number of allylic oxidation sites excluding steroid dienone is 1. The monoisotopic (exact) mass is 356 g/mol. The second-order valence-electron chi connectivity index (χ2n) is 5.81. The van der Waals surface area contributed by atoms with Crippen molar-refractivity contribution in [1.82, 2.24) is 10.6 Å². The predicted octanol–water partition coefficient (Wildman–Crippen LogP) is 2.82. The smallest absolute Gasteiger partial charge is 0.338 e. The highest BCUT2D eigenvalue weighted by molar-refractivity contribution is 7.80. The average molecular weight is 356 g/mol. The maximum Gasteiger partial charge on any atom is 0.338 e. The minimum atomic E-state index is -0.379. The van der Waals surface area contributed by atoms with E-state index in [2.05, 4.69) is 22.8 Å². The van der Waals surface area contributed by atoms with Gasteiger partial charge in [0.05, 0.1) is 18.2 Å². The second kappa shape index (κ2) is 7.63. The van der Waals surface area contributed by atoms with Crippen LogP contribution >= 0.6 is 12.2 Å². The van der Waals surface area contributed by atoms with Gasteiger partial charge in [0.25, 0.3) is 0 Å². The van der Waals surface area contributed by atoms with E-state index in [0.29, 0.717) is 23.0 Å². The Labute approximate surface area is 152 Å². The van der Waals surface area contributed by atoms with Gasteiger partial charge in [-0.15, -0.1) is 0 Å². The maximum absolute atomic E-state index is 12.6. The number of rotatable bonds is 5. The van der Waals surface area contributed by atoms with E-state index in [0.717, 1.165) is 16.3 Å². The molecule has 0 radical (unpaired) electrons. The Hall–Kier alpha value is -2.44. The summed E-state index contributed by atoms with van der Waals surface area (Å²) in [5.74, 6) is -0.379. The fraction of sp³-hybridized carbons (Fsp3) is 0.263. The molecule has 0 aliphatic carbocycles. The molecular formula is C19H20N2O3S. The number of fused-ring (bicyclic) bond motifs is 1. The van der Waals surface area contributed by atoms with Crippen molar-refractivity contribution in [2.45, 2.75) is 13.0 Å². The van der Waals surface area contributed by atoms with Crippen LogP contribution in [-0.4, -0.2) is 31.4 Å². The number of esters is 1. The topological polar surface area (TPSA) is 59.6 Å². The second-order valence-corrected chi connectivity index (χ2v) is 6.21. The highest BCUT2D eigenvalue weighted by Gasteiger charge is 2.31. The molecular weight excluding hydrogens is 336 g/mol. The number of hydrogen-bond donors (Lipinski definition) is 2. The van der Waals surface area contributed by atoms with Crippen LogP contribution < -0.4 is 10.6 Å². The predicted molar refractivity (Wildman–Crippen MR) is 101 cm³/mol. The zero-order chi connectivity index (χ0) is 17.8. The molecule has 130 valence electrons. The number of benzene rings is 2. The molecule has 1 aliphatic heterocycles. The molecule has 0 unspecified atom stereocenters. The zero-order valence-corrected chi connectivity index (χ0v) is 15.0. The summed E-state index contributed by atoms with van der Waals surface area (Å²) >= 11 is 5.27. The maximum atomic E-state index is 12.6. The number of hydrogen-bond acceptors (Lipinski definition) is 4. The van der Waals surface area contributed by atoms with Crippen molar-refractivity contribution in [3.05, 3.63) is 59.3 Å². The number of thiocarbonyl (C=S) groups is 1. The van der Waals surface area contributed by atoms with E-state index >= 15 is 0 Å². The minimum absolute atomic E-state index is 0.209. The standard InChI is InChI=1S/C19H20N2O3S/c1-12-16(18(22)24-10-9-23-2)17(21-19(25)20-12)15-8-7-13-5-3-4-6-14(13)11-15/h3-8,11,17H,9-10H2,1-2H3,(H2,20,21,25)/t17-/m1/s1. The molecule has 25 heavy (non-hydrogen) atoms. The Kier molecular flexibility index (Phi) is 5.31. The molecule has 2 aromatic carbocycles. The van der Waals surface area contributed by atoms with Gasteiger partial charge >= 0.3 is 5.97 Å². The van der Waals surface area contributed by atoms with Crippen LogP contribution in [0.4, 0.5) is 0 Å². The molecule has 0 saturated heterocycles. The zero-order valence-electron chi connectivity index (χ0n) is 14.2. The van der Waals surface area contributed by atoms with Crippen LogP contribution in [0.15, 0.2) is 53.7 Å². The van der Waals surface area contributed by atoms with Crippen LogP contribution in [0, 0.1) is 0 Å². The fourth-order valence-corrected chi connectivity index (χ4v) is 3.17. The van der Waals surface area contributed by atoms with E-state index in [1.807, 2.05) is 37.3 Å². The molecule has 0 spiro atoms. The molecule has 0 amide bonds. The Balaban J connectivity index is 1.96. The third-order valence-electron chi connectivity index (χ3n) is 4.12. The Morgan fingerprint density at radius 1 is 1.16 bits per heavy atom. The van der Waals surface area contributed by atoms with Gasteiger partial charge in [-0.25, -0.2) is 4.79 Å². The summed E-state index contributed by atoms with van der Waals surface area (Å²) in [5.41, 5.74) is 2.19. The van der Waals surface area contributed by atoms with E-state index in [4.69, 9.17) is 21.7 Å². The molecule has 6 heteroatoms. The molecule has 5 nitrogen and oxygen atoms in total. The lowest BCUT2D eigenvalue weighted by atomic mass is 9.94. The summed E-state index contributed by atoms with van der Waals surface area (Å²) in [6.07, 6.45) is 0. The highest BCUT2D eigenvalue weighted by Crippen LogP contribution is 2.29. The molecule has 2 aromatic rings. The van der Waals surface area contributed by atoms with Crippen molar-refractivity contribution in [2.24, 2.45) is 0 Å². The quantitative estimate of drug-likeness (QED) is 0.488. The van der Waals surface area contributed by atoms with E-state index in [9.17, 15) is 4.79 Å². The molecule has 0 bridgehead atoms. The summed E-state index contributed by atoms with van der Waals surface area (Å²) in [4.78, 5) is 12.6. The number of ether oxygens (including phenoxy) is 2. The Morgan fingerprint density at radius 3 is 2.68 bits per heavy atom. The van der Waals surface area contributed by atoms with Gasteiger partial charge in [-0.3, -0.25) is 0 Å². The van der Waals surface area contributed by atoms with Gasteiger partial charge in [-0.2, -0.15) is 0 Å². The van der Waals surface area contributed by atoms with E-state index in [1.165, 1.54) is 0 Å². The molecule has 0 saturated carbocycles. The molecule has 0 fully saturated rings. The summed E-state index contributed by atoms with van der Waals surface area (Å²) in [6, 6.07) is 13.9. The van der Waals surface area contributed by atoms with Gasteiger partial charge in [-0.05, 0) is 41.5 Å². The van der Waals surface area contributed by atoms with Crippen LogP contribution in [0.2, 0.25) is 0 Å². The summed E-state index contributed by atoms with van der Waals surface area (Å²) in [7, 11) is 1.57. The van der Waals surface area contributed by atoms with Crippen molar-refractivity contribution < 1.29 is 14.3 Å². The largest absolute Gasteiger partial charge is 0.460 e. The molecule has 1 atom stereocenters. The van der Waals surface area contributed by atoms with Crippen LogP contribution in [-0.2, 0) is 14.3 Å². The first-order valence-electron chi connectivity index (χ1n) is 8.03. The first-order chi connectivity index (χ1) is 12.1. The molecule has 3 rings (SSSR count). The van der Waals surface area contributed by atoms with Crippen LogP contribution in [0.25, 0.3) is 10.8 Å². The number of carbonyl (C=O) groups excluding carboxylic acids is 1. The highest BCUT2D eigenvalue weighted by atomic mass is 32.1. The van der Waals surface area contributed by atoms with Gasteiger partial charge < -0.3 is 20.1 Å². The molecule has 2 N–H and O–H groups in total. The minimum Gasteiger partial charge on any atom is -0.460 e. The van der Waals surface area contributed by atoms with Crippen molar-refractivity contribution in [3.63, 3.8) is 0 Å². The normalized spacial score (nSPS) is 17.2. The number of carbonyl (C=O) groups is 1.